The zero-order valence-electron chi connectivity index (χ0n) is 9.60. The van der Waals surface area contributed by atoms with Crippen LogP contribution in [0.1, 0.15) is 24.3 Å². The van der Waals surface area contributed by atoms with E-state index in [1.54, 1.807) is 17.5 Å². The summed E-state index contributed by atoms with van der Waals surface area (Å²) in [5.74, 6) is -1.35. The minimum absolute atomic E-state index is 0.142. The first-order valence-corrected chi connectivity index (χ1v) is 6.29. The summed E-state index contributed by atoms with van der Waals surface area (Å²) in [6.07, 6.45) is 0.931. The van der Waals surface area contributed by atoms with Crippen LogP contribution in [-0.2, 0) is 9.59 Å². The summed E-state index contributed by atoms with van der Waals surface area (Å²) < 4.78 is 0. The largest absolute Gasteiger partial charge is 0.479 e. The van der Waals surface area contributed by atoms with Crippen molar-refractivity contribution in [3.8, 4) is 0 Å². The highest BCUT2D eigenvalue weighted by Crippen LogP contribution is 2.18. The van der Waals surface area contributed by atoms with Crippen LogP contribution in [0.15, 0.2) is 17.5 Å². The van der Waals surface area contributed by atoms with Crippen LogP contribution in [-0.4, -0.2) is 30.1 Å². The molecule has 0 aliphatic rings. The molecule has 6 heteroatoms. The highest BCUT2D eigenvalue weighted by Gasteiger charge is 2.22. The van der Waals surface area contributed by atoms with E-state index in [-0.39, 0.29) is 12.5 Å². The maximum absolute atomic E-state index is 11.5. The van der Waals surface area contributed by atoms with Crippen molar-refractivity contribution in [1.82, 2.24) is 10.6 Å². The van der Waals surface area contributed by atoms with Gasteiger partial charge >= 0.3 is 5.97 Å². The van der Waals surface area contributed by atoms with E-state index < -0.39 is 12.0 Å². The number of carbonyl (C=O) groups excluding carboxylic acids is 1. The highest BCUT2D eigenvalue weighted by molar-refractivity contribution is 7.10. The van der Waals surface area contributed by atoms with Gasteiger partial charge in [-0.05, 0) is 24.4 Å². The molecule has 1 unspecified atom stereocenters. The van der Waals surface area contributed by atoms with Crippen molar-refractivity contribution in [3.63, 3.8) is 0 Å². The second-order valence-electron chi connectivity index (χ2n) is 3.53. The second-order valence-corrected chi connectivity index (χ2v) is 4.51. The van der Waals surface area contributed by atoms with Gasteiger partial charge in [-0.2, -0.15) is 0 Å². The Morgan fingerprint density at radius 3 is 2.82 bits per heavy atom. The Balaban J connectivity index is 2.51. The maximum Gasteiger partial charge on any atom is 0.331 e. The number of carboxylic acids is 1. The Bertz CT molecular complexity index is 365. The number of aliphatic carboxylic acids is 1. The zero-order chi connectivity index (χ0) is 12.7. The van der Waals surface area contributed by atoms with Gasteiger partial charge in [0.25, 0.3) is 0 Å². The fourth-order valence-corrected chi connectivity index (χ4v) is 2.07. The molecule has 0 fully saturated rings. The van der Waals surface area contributed by atoms with E-state index in [1.807, 2.05) is 6.92 Å². The molecule has 0 aliphatic carbocycles. The molecule has 0 bridgehead atoms. The first-order valence-electron chi connectivity index (χ1n) is 5.41. The van der Waals surface area contributed by atoms with Gasteiger partial charge in [0.1, 0.15) is 0 Å². The Hall–Kier alpha value is -1.40. The van der Waals surface area contributed by atoms with Crippen molar-refractivity contribution in [2.75, 3.05) is 13.1 Å². The van der Waals surface area contributed by atoms with Crippen molar-refractivity contribution in [2.45, 2.75) is 19.4 Å². The highest BCUT2D eigenvalue weighted by atomic mass is 32.1. The van der Waals surface area contributed by atoms with E-state index >= 15 is 0 Å². The smallest absolute Gasteiger partial charge is 0.331 e. The topological polar surface area (TPSA) is 78.4 Å². The number of thiophene rings is 1. The summed E-state index contributed by atoms with van der Waals surface area (Å²) in [6, 6.07) is 2.51. The summed E-state index contributed by atoms with van der Waals surface area (Å²) in [4.78, 5) is 23.2. The van der Waals surface area contributed by atoms with Gasteiger partial charge in [-0.25, -0.2) is 4.79 Å². The van der Waals surface area contributed by atoms with E-state index in [0.29, 0.717) is 4.88 Å². The molecule has 1 rings (SSSR count). The van der Waals surface area contributed by atoms with Gasteiger partial charge in [0.15, 0.2) is 6.04 Å². The Morgan fingerprint density at radius 2 is 2.29 bits per heavy atom. The SMILES string of the molecule is CCCNCC(=O)NC(C(=O)O)c1cccs1. The molecule has 0 saturated heterocycles. The van der Waals surface area contributed by atoms with Crippen molar-refractivity contribution >= 4 is 23.2 Å². The number of hydrogen-bond acceptors (Lipinski definition) is 4. The molecular weight excluding hydrogens is 240 g/mol. The van der Waals surface area contributed by atoms with Crippen molar-refractivity contribution in [1.29, 1.82) is 0 Å². The van der Waals surface area contributed by atoms with Gasteiger partial charge in [-0.1, -0.05) is 13.0 Å². The van der Waals surface area contributed by atoms with Crippen LogP contribution in [0.3, 0.4) is 0 Å². The molecule has 3 N–H and O–H groups in total. The standard InChI is InChI=1S/C11H16N2O3S/c1-2-5-12-7-9(14)13-10(11(15)16)8-4-3-6-17-8/h3-4,6,10,12H,2,5,7H2,1H3,(H,13,14)(H,15,16). The van der Waals surface area contributed by atoms with Crippen LogP contribution in [0.4, 0.5) is 0 Å². The Morgan fingerprint density at radius 1 is 1.53 bits per heavy atom. The van der Waals surface area contributed by atoms with Crippen LogP contribution < -0.4 is 10.6 Å². The number of carbonyl (C=O) groups is 2. The lowest BCUT2D eigenvalue weighted by molar-refractivity contribution is -0.141. The Labute approximate surface area is 104 Å². The zero-order valence-corrected chi connectivity index (χ0v) is 10.4. The first-order chi connectivity index (χ1) is 8.15. The van der Waals surface area contributed by atoms with Crippen molar-refractivity contribution in [2.24, 2.45) is 0 Å². The third-order valence-electron chi connectivity index (χ3n) is 2.09. The number of carboxylic acid groups (broad SMARTS) is 1. The van der Waals surface area contributed by atoms with Crippen LogP contribution in [0.2, 0.25) is 0 Å². The molecule has 0 radical (unpaired) electrons. The summed E-state index contributed by atoms with van der Waals surface area (Å²) in [7, 11) is 0. The first kappa shape index (κ1) is 13.7. The Kier molecular flexibility index (Phi) is 5.65. The molecule has 0 aliphatic heterocycles. The van der Waals surface area contributed by atoms with Gasteiger partial charge < -0.3 is 15.7 Å². The average molecular weight is 256 g/mol. The normalized spacial score (nSPS) is 12.1. The van der Waals surface area contributed by atoms with Gasteiger partial charge in [-0.3, -0.25) is 4.79 Å². The predicted octanol–water partition coefficient (Wildman–Crippen LogP) is 0.990. The molecule has 1 aromatic heterocycles. The van der Waals surface area contributed by atoms with Crippen molar-refractivity contribution < 1.29 is 14.7 Å². The average Bonchev–Trinajstić information content (AvgIpc) is 2.79. The molecule has 1 heterocycles. The van der Waals surface area contributed by atoms with Gasteiger partial charge in [0.2, 0.25) is 5.91 Å². The molecule has 0 spiro atoms. The monoisotopic (exact) mass is 256 g/mol. The number of hydrogen-bond donors (Lipinski definition) is 3. The van der Waals surface area contributed by atoms with Crippen LogP contribution in [0, 0.1) is 0 Å². The molecule has 1 atom stereocenters. The third kappa shape index (κ3) is 4.54. The molecule has 5 nitrogen and oxygen atoms in total. The van der Waals surface area contributed by atoms with E-state index in [0.717, 1.165) is 13.0 Å². The van der Waals surface area contributed by atoms with Crippen LogP contribution in [0.5, 0.6) is 0 Å². The third-order valence-corrected chi connectivity index (χ3v) is 3.03. The molecule has 1 amide bonds. The van der Waals surface area contributed by atoms with E-state index in [1.165, 1.54) is 11.3 Å². The summed E-state index contributed by atoms with van der Waals surface area (Å²) in [5.41, 5.74) is 0. The molecule has 1 aromatic rings. The summed E-state index contributed by atoms with van der Waals surface area (Å²) >= 11 is 1.31. The van der Waals surface area contributed by atoms with Gasteiger partial charge in [0, 0.05) is 4.88 Å². The predicted molar refractivity (Wildman–Crippen MR) is 66.0 cm³/mol. The van der Waals surface area contributed by atoms with Crippen LogP contribution >= 0.6 is 11.3 Å². The minimum Gasteiger partial charge on any atom is -0.479 e. The summed E-state index contributed by atoms with van der Waals surface area (Å²) in [6.45, 7) is 2.88. The molecule has 0 aromatic carbocycles. The lowest BCUT2D eigenvalue weighted by Crippen LogP contribution is -2.39. The molecule has 0 saturated carbocycles. The van der Waals surface area contributed by atoms with E-state index in [4.69, 9.17) is 5.11 Å². The number of amides is 1. The quantitative estimate of drug-likeness (QED) is 0.636. The van der Waals surface area contributed by atoms with E-state index in [2.05, 4.69) is 10.6 Å². The van der Waals surface area contributed by atoms with Crippen LogP contribution in [0.25, 0.3) is 0 Å². The van der Waals surface area contributed by atoms with Crippen molar-refractivity contribution in [3.05, 3.63) is 22.4 Å². The number of nitrogens with one attached hydrogen (secondary N) is 2. The maximum atomic E-state index is 11.5. The lowest BCUT2D eigenvalue weighted by atomic mass is 10.2. The number of rotatable bonds is 7. The van der Waals surface area contributed by atoms with E-state index in [9.17, 15) is 9.59 Å². The summed E-state index contributed by atoms with van der Waals surface area (Å²) in [5, 5.41) is 16.2. The fraction of sp³-hybridized carbons (Fsp3) is 0.455. The molecular formula is C11H16N2O3S. The van der Waals surface area contributed by atoms with Gasteiger partial charge in [0.05, 0.1) is 6.54 Å². The molecule has 17 heavy (non-hydrogen) atoms. The minimum atomic E-state index is -1.05. The molecule has 94 valence electrons. The lowest BCUT2D eigenvalue weighted by Gasteiger charge is -2.13. The second kappa shape index (κ2) is 7.03. The van der Waals surface area contributed by atoms with Gasteiger partial charge in [-0.15, -0.1) is 11.3 Å². The fourth-order valence-electron chi connectivity index (χ4n) is 1.30.